The summed E-state index contributed by atoms with van der Waals surface area (Å²) in [5.74, 6) is 0. The Labute approximate surface area is 132 Å². The van der Waals surface area contributed by atoms with Gasteiger partial charge in [-0.15, -0.1) is 0 Å². The Balaban J connectivity index is 1.78. The highest BCUT2D eigenvalue weighted by Gasteiger charge is 2.13. The molecule has 1 aliphatic rings. The maximum atomic E-state index is 2.60. The summed E-state index contributed by atoms with van der Waals surface area (Å²) in [4.78, 5) is 2.60. The van der Waals surface area contributed by atoms with Gasteiger partial charge in [0.2, 0.25) is 0 Å². The number of hydrogen-bond acceptors (Lipinski definition) is 1. The molecule has 2 nitrogen and oxygen atoms in total. The number of rotatable bonds is 3. The van der Waals surface area contributed by atoms with E-state index < -0.39 is 0 Å². The van der Waals surface area contributed by atoms with Crippen molar-refractivity contribution >= 4 is 21.8 Å². The summed E-state index contributed by atoms with van der Waals surface area (Å²) in [6.45, 7) is 6.87. The van der Waals surface area contributed by atoms with Crippen molar-refractivity contribution in [2.24, 2.45) is 0 Å². The number of nitrogens with zero attached hydrogens (tertiary/aromatic N) is 2. The maximum absolute atomic E-state index is 2.60. The predicted octanol–water partition coefficient (Wildman–Crippen LogP) is 4.80. The molecule has 0 atom stereocenters. The molecule has 1 aliphatic heterocycles. The number of likely N-dealkylation sites (tertiary alicyclic amines) is 1. The Kier molecular flexibility index (Phi) is 3.63. The van der Waals surface area contributed by atoms with Gasteiger partial charge in [0.05, 0.1) is 0 Å². The molecule has 2 heteroatoms. The Morgan fingerprint density at radius 1 is 0.864 bits per heavy atom. The van der Waals surface area contributed by atoms with Gasteiger partial charge in [-0.1, -0.05) is 30.7 Å². The zero-order valence-corrected chi connectivity index (χ0v) is 13.4. The normalized spacial score (nSPS) is 16.6. The summed E-state index contributed by atoms with van der Waals surface area (Å²) in [5, 5.41) is 2.80. The van der Waals surface area contributed by atoms with Gasteiger partial charge in [-0.05, 0) is 56.6 Å². The molecule has 22 heavy (non-hydrogen) atoms. The molecule has 114 valence electrons. The summed E-state index contributed by atoms with van der Waals surface area (Å²) < 4.78 is 2.43. The van der Waals surface area contributed by atoms with E-state index in [0.29, 0.717) is 0 Å². The van der Waals surface area contributed by atoms with E-state index in [2.05, 4.69) is 58.9 Å². The largest absolute Gasteiger partial charge is 0.341 e. The van der Waals surface area contributed by atoms with Gasteiger partial charge in [-0.3, -0.25) is 4.90 Å². The molecule has 0 saturated carbocycles. The Morgan fingerprint density at radius 2 is 1.64 bits per heavy atom. The number of piperidine rings is 1. The maximum Gasteiger partial charge on any atom is 0.0491 e. The van der Waals surface area contributed by atoms with Crippen LogP contribution in [0.25, 0.3) is 21.8 Å². The van der Waals surface area contributed by atoms with Gasteiger partial charge >= 0.3 is 0 Å². The van der Waals surface area contributed by atoms with E-state index in [4.69, 9.17) is 0 Å². The lowest BCUT2D eigenvalue weighted by Crippen LogP contribution is -2.29. The number of aromatic nitrogens is 1. The van der Waals surface area contributed by atoms with Crippen molar-refractivity contribution < 1.29 is 0 Å². The third-order valence-electron chi connectivity index (χ3n) is 5.01. The second-order valence-electron chi connectivity index (χ2n) is 6.45. The summed E-state index contributed by atoms with van der Waals surface area (Å²) in [6.07, 6.45) is 4.12. The van der Waals surface area contributed by atoms with E-state index in [0.717, 1.165) is 13.1 Å². The van der Waals surface area contributed by atoms with Crippen molar-refractivity contribution in [3.05, 3.63) is 48.0 Å². The van der Waals surface area contributed by atoms with Crippen LogP contribution in [-0.4, -0.2) is 22.6 Å². The molecule has 0 bridgehead atoms. The van der Waals surface area contributed by atoms with Crippen LogP contribution in [-0.2, 0) is 13.1 Å². The molecule has 0 amide bonds. The van der Waals surface area contributed by atoms with Gasteiger partial charge in [-0.2, -0.15) is 0 Å². The Morgan fingerprint density at radius 3 is 2.45 bits per heavy atom. The summed E-state index contributed by atoms with van der Waals surface area (Å²) in [6, 6.07) is 15.8. The van der Waals surface area contributed by atoms with Crippen LogP contribution in [0.1, 0.15) is 31.7 Å². The molecule has 0 spiro atoms. The summed E-state index contributed by atoms with van der Waals surface area (Å²) >= 11 is 0. The fourth-order valence-electron chi connectivity index (χ4n) is 3.92. The van der Waals surface area contributed by atoms with E-state index in [-0.39, 0.29) is 0 Å². The fraction of sp³-hybridized carbons (Fsp3) is 0.400. The summed E-state index contributed by atoms with van der Waals surface area (Å²) in [5.41, 5.74) is 4.18. The fourth-order valence-corrected chi connectivity index (χ4v) is 3.92. The van der Waals surface area contributed by atoms with Crippen molar-refractivity contribution in [3.63, 3.8) is 0 Å². The van der Waals surface area contributed by atoms with Crippen LogP contribution >= 0.6 is 0 Å². The third-order valence-corrected chi connectivity index (χ3v) is 5.01. The average Bonchev–Trinajstić information content (AvgIpc) is 2.89. The van der Waals surface area contributed by atoms with Crippen LogP contribution in [0.3, 0.4) is 0 Å². The number of aryl methyl sites for hydroxylation is 1. The molecule has 2 heterocycles. The number of fused-ring (bicyclic) bond motifs is 3. The van der Waals surface area contributed by atoms with Gasteiger partial charge in [0, 0.05) is 34.9 Å². The molecule has 1 fully saturated rings. The van der Waals surface area contributed by atoms with Crippen LogP contribution in [0.5, 0.6) is 0 Å². The van der Waals surface area contributed by atoms with Crippen LogP contribution in [0.2, 0.25) is 0 Å². The van der Waals surface area contributed by atoms with Gasteiger partial charge in [-0.25, -0.2) is 0 Å². The topological polar surface area (TPSA) is 8.17 Å². The zero-order chi connectivity index (χ0) is 14.9. The highest BCUT2D eigenvalue weighted by molar-refractivity contribution is 6.08. The monoisotopic (exact) mass is 292 g/mol. The highest BCUT2D eigenvalue weighted by atomic mass is 15.1. The molecule has 1 aromatic heterocycles. The zero-order valence-electron chi connectivity index (χ0n) is 13.4. The molecule has 4 rings (SSSR count). The molecule has 0 unspecified atom stereocenters. The minimum atomic E-state index is 1.02. The van der Waals surface area contributed by atoms with Crippen LogP contribution in [0.4, 0.5) is 0 Å². The van der Waals surface area contributed by atoms with Gasteiger partial charge < -0.3 is 4.57 Å². The lowest BCUT2D eigenvalue weighted by Gasteiger charge is -2.26. The first-order valence-corrected chi connectivity index (χ1v) is 8.59. The quantitative estimate of drug-likeness (QED) is 0.673. The molecule has 0 N–H and O–H groups in total. The average molecular weight is 292 g/mol. The van der Waals surface area contributed by atoms with E-state index >= 15 is 0 Å². The first kappa shape index (κ1) is 13.8. The van der Waals surface area contributed by atoms with Crippen molar-refractivity contribution in [2.45, 2.75) is 39.3 Å². The van der Waals surface area contributed by atoms with Gasteiger partial charge in [0.15, 0.2) is 0 Å². The smallest absolute Gasteiger partial charge is 0.0491 e. The molecular formula is C20H24N2. The second-order valence-corrected chi connectivity index (χ2v) is 6.45. The Bertz CT molecular complexity index is 794. The van der Waals surface area contributed by atoms with Crippen molar-refractivity contribution in [2.75, 3.05) is 13.1 Å². The lowest BCUT2D eigenvalue weighted by atomic mass is 10.1. The minimum absolute atomic E-state index is 1.02. The van der Waals surface area contributed by atoms with Gasteiger partial charge in [0.25, 0.3) is 0 Å². The second kappa shape index (κ2) is 5.77. The standard InChI is InChI=1S/C20H24N2/c1-2-22-19-9-5-4-8-17(19)18-14-16(10-11-20(18)22)15-21-12-6-3-7-13-21/h4-5,8-11,14H,2-3,6-7,12-13,15H2,1H3. The highest BCUT2D eigenvalue weighted by Crippen LogP contribution is 2.30. The van der Waals surface area contributed by atoms with Crippen LogP contribution in [0.15, 0.2) is 42.5 Å². The van der Waals surface area contributed by atoms with Gasteiger partial charge in [0.1, 0.15) is 0 Å². The molecule has 0 aliphatic carbocycles. The first-order chi connectivity index (χ1) is 10.9. The molecule has 0 radical (unpaired) electrons. The predicted molar refractivity (Wildman–Crippen MR) is 94.2 cm³/mol. The number of benzene rings is 2. The third kappa shape index (κ3) is 2.32. The van der Waals surface area contributed by atoms with Crippen molar-refractivity contribution in [3.8, 4) is 0 Å². The van der Waals surface area contributed by atoms with E-state index in [1.54, 1.807) is 0 Å². The minimum Gasteiger partial charge on any atom is -0.341 e. The van der Waals surface area contributed by atoms with E-state index in [1.807, 2.05) is 0 Å². The van der Waals surface area contributed by atoms with Crippen molar-refractivity contribution in [1.29, 1.82) is 0 Å². The molecule has 3 aromatic rings. The molecule has 1 saturated heterocycles. The SMILES string of the molecule is CCn1c2ccccc2c2cc(CN3CCCCC3)ccc21. The van der Waals surface area contributed by atoms with Crippen LogP contribution in [0, 0.1) is 0 Å². The molecule has 2 aromatic carbocycles. The first-order valence-electron chi connectivity index (χ1n) is 8.59. The van der Waals surface area contributed by atoms with E-state index in [9.17, 15) is 0 Å². The lowest BCUT2D eigenvalue weighted by molar-refractivity contribution is 0.221. The van der Waals surface area contributed by atoms with Crippen molar-refractivity contribution in [1.82, 2.24) is 9.47 Å². The number of para-hydroxylation sites is 1. The van der Waals surface area contributed by atoms with E-state index in [1.165, 1.54) is 59.7 Å². The molecular weight excluding hydrogens is 268 g/mol. The summed E-state index contributed by atoms with van der Waals surface area (Å²) in [7, 11) is 0. The number of hydrogen-bond donors (Lipinski definition) is 0. The van der Waals surface area contributed by atoms with Crippen LogP contribution < -0.4 is 0 Å². The Hall–Kier alpha value is -1.80.